The van der Waals surface area contributed by atoms with Gasteiger partial charge in [-0.2, -0.15) is 31.4 Å². The van der Waals surface area contributed by atoms with Crippen molar-refractivity contribution >= 4 is 5.97 Å². The third-order valence-corrected chi connectivity index (χ3v) is 0.713. The summed E-state index contributed by atoms with van der Waals surface area (Å²) in [5.41, 5.74) is 0. The van der Waals surface area contributed by atoms with Gasteiger partial charge in [0, 0.05) is 0 Å². The summed E-state index contributed by atoms with van der Waals surface area (Å²) >= 11 is 0. The number of carbonyl (C=O) groups excluding carboxylic acids is 1. The zero-order chi connectivity index (χ0) is 10.9. The van der Waals surface area contributed by atoms with E-state index in [1.807, 2.05) is 0 Å². The first-order valence-electron chi connectivity index (χ1n) is 2.55. The molecule has 0 rings (SSSR count). The van der Waals surface area contributed by atoms with E-state index in [2.05, 4.69) is 4.74 Å². The molecular formula is C4HF6O3. The van der Waals surface area contributed by atoms with Gasteiger partial charge in [-0.15, -0.1) is 0 Å². The normalized spacial score (nSPS) is 15.3. The summed E-state index contributed by atoms with van der Waals surface area (Å²) in [4.78, 5) is 9.67. The summed E-state index contributed by atoms with van der Waals surface area (Å²) in [6.07, 6.45) is -15.2. The predicted molar refractivity (Wildman–Crippen MR) is 22.7 cm³/mol. The molecular weight excluding hydrogens is 210 g/mol. The topological polar surface area (TPSA) is 46.2 Å². The van der Waals surface area contributed by atoms with E-state index in [1.165, 1.54) is 0 Å². The second-order valence-corrected chi connectivity index (χ2v) is 1.78. The maximum absolute atomic E-state index is 11.2. The molecule has 1 atom stereocenters. The highest BCUT2D eigenvalue weighted by molar-refractivity contribution is 5.75. The minimum atomic E-state index is -5.60. The van der Waals surface area contributed by atoms with Crippen LogP contribution in [0.2, 0.25) is 0 Å². The third kappa shape index (κ3) is 3.97. The monoisotopic (exact) mass is 211 g/mol. The zero-order valence-electron chi connectivity index (χ0n) is 5.57. The van der Waals surface area contributed by atoms with Crippen LogP contribution in [0.15, 0.2) is 0 Å². The maximum atomic E-state index is 11.2. The van der Waals surface area contributed by atoms with Crippen molar-refractivity contribution in [3.63, 3.8) is 0 Å². The van der Waals surface area contributed by atoms with E-state index in [4.69, 9.17) is 0 Å². The van der Waals surface area contributed by atoms with Crippen molar-refractivity contribution in [3.8, 4) is 0 Å². The van der Waals surface area contributed by atoms with Crippen LogP contribution in [0.1, 0.15) is 0 Å². The number of rotatable bonds is 1. The van der Waals surface area contributed by atoms with Gasteiger partial charge in [0.15, 0.2) is 0 Å². The van der Waals surface area contributed by atoms with Crippen LogP contribution in [0.3, 0.4) is 0 Å². The highest BCUT2D eigenvalue weighted by atomic mass is 19.4. The average molecular weight is 211 g/mol. The zero-order valence-corrected chi connectivity index (χ0v) is 5.57. The molecule has 77 valence electrons. The number of halogens is 6. The smallest absolute Gasteiger partial charge is 0.416 e. The fourth-order valence-electron chi connectivity index (χ4n) is 0.231. The van der Waals surface area contributed by atoms with Gasteiger partial charge >= 0.3 is 24.6 Å². The van der Waals surface area contributed by atoms with Gasteiger partial charge in [0.1, 0.15) is 0 Å². The molecule has 0 aromatic carbocycles. The Morgan fingerprint density at radius 1 is 1.08 bits per heavy atom. The molecule has 0 bridgehead atoms. The Labute approximate surface area is 66.9 Å². The van der Waals surface area contributed by atoms with Crippen LogP contribution < -0.4 is 0 Å². The molecule has 0 aliphatic heterocycles. The Kier molecular flexibility index (Phi) is 3.14. The van der Waals surface area contributed by atoms with E-state index in [0.29, 0.717) is 0 Å². The summed E-state index contributed by atoms with van der Waals surface area (Å²) in [7, 11) is 0. The highest BCUT2D eigenvalue weighted by Gasteiger charge is 2.49. The quantitative estimate of drug-likeness (QED) is 0.374. The number of esters is 1. The van der Waals surface area contributed by atoms with Gasteiger partial charge < -0.3 is 4.74 Å². The molecule has 0 aliphatic carbocycles. The van der Waals surface area contributed by atoms with E-state index in [-0.39, 0.29) is 0 Å². The van der Waals surface area contributed by atoms with E-state index < -0.39 is 24.6 Å². The molecule has 0 amide bonds. The molecule has 0 spiro atoms. The first-order chi connectivity index (χ1) is 5.55. The summed E-state index contributed by atoms with van der Waals surface area (Å²) in [5, 5.41) is 9.74. The minimum Gasteiger partial charge on any atom is -0.416 e. The van der Waals surface area contributed by atoms with E-state index in [9.17, 15) is 36.2 Å². The first kappa shape index (κ1) is 12.0. The Morgan fingerprint density at radius 3 is 1.69 bits per heavy atom. The Hall–Kier alpha value is -0.990. The molecule has 1 radical (unpaired) electrons. The molecule has 0 aliphatic rings. The van der Waals surface area contributed by atoms with Crippen molar-refractivity contribution < 1.29 is 41.0 Å². The van der Waals surface area contributed by atoms with Crippen LogP contribution in [0.5, 0.6) is 0 Å². The van der Waals surface area contributed by atoms with E-state index >= 15 is 0 Å². The molecule has 0 fully saturated rings. The SMILES string of the molecule is [O]C(OC(=O)C(F)(F)F)C(F)(F)F. The number of carbonyl (C=O) groups is 1. The summed E-state index contributed by atoms with van der Waals surface area (Å²) in [6, 6.07) is 0. The molecule has 3 nitrogen and oxygen atoms in total. The van der Waals surface area contributed by atoms with Crippen LogP contribution in [0, 0.1) is 0 Å². The molecule has 9 heteroatoms. The third-order valence-electron chi connectivity index (χ3n) is 0.713. The van der Waals surface area contributed by atoms with Gasteiger partial charge in [-0.1, -0.05) is 0 Å². The van der Waals surface area contributed by atoms with Crippen LogP contribution in [-0.2, 0) is 14.6 Å². The second-order valence-electron chi connectivity index (χ2n) is 1.78. The van der Waals surface area contributed by atoms with Crippen molar-refractivity contribution in [2.45, 2.75) is 18.6 Å². The lowest BCUT2D eigenvalue weighted by atomic mass is 10.6. The summed E-state index contributed by atoms with van der Waals surface area (Å²) in [5.74, 6) is -3.16. The Morgan fingerprint density at radius 2 is 1.46 bits per heavy atom. The van der Waals surface area contributed by atoms with Crippen LogP contribution in [0.25, 0.3) is 0 Å². The van der Waals surface area contributed by atoms with Gasteiger partial charge in [0.25, 0.3) is 0 Å². The van der Waals surface area contributed by atoms with Gasteiger partial charge in [-0.3, -0.25) is 0 Å². The molecule has 0 saturated heterocycles. The van der Waals surface area contributed by atoms with Gasteiger partial charge in [0.2, 0.25) is 0 Å². The molecule has 0 heterocycles. The van der Waals surface area contributed by atoms with Crippen LogP contribution >= 0.6 is 0 Å². The molecule has 0 saturated carbocycles. The Balaban J connectivity index is 4.24. The maximum Gasteiger partial charge on any atom is 0.491 e. The van der Waals surface area contributed by atoms with Gasteiger partial charge in [0.05, 0.1) is 0 Å². The molecule has 13 heavy (non-hydrogen) atoms. The van der Waals surface area contributed by atoms with Crippen molar-refractivity contribution in [2.75, 3.05) is 0 Å². The summed E-state index contributed by atoms with van der Waals surface area (Å²) in [6.45, 7) is 0. The van der Waals surface area contributed by atoms with Crippen molar-refractivity contribution in [3.05, 3.63) is 0 Å². The van der Waals surface area contributed by atoms with E-state index in [0.717, 1.165) is 0 Å². The van der Waals surface area contributed by atoms with Crippen LogP contribution in [0.4, 0.5) is 26.3 Å². The summed E-state index contributed by atoms with van der Waals surface area (Å²) < 4.78 is 69.9. The highest BCUT2D eigenvalue weighted by Crippen LogP contribution is 2.24. The van der Waals surface area contributed by atoms with E-state index in [1.54, 1.807) is 0 Å². The largest absolute Gasteiger partial charge is 0.491 e. The lowest BCUT2D eigenvalue weighted by Crippen LogP contribution is -2.37. The van der Waals surface area contributed by atoms with Crippen molar-refractivity contribution in [1.29, 1.82) is 0 Å². The predicted octanol–water partition coefficient (Wildman–Crippen LogP) is 1.41. The van der Waals surface area contributed by atoms with Crippen molar-refractivity contribution in [1.82, 2.24) is 0 Å². The van der Waals surface area contributed by atoms with Gasteiger partial charge in [-0.05, 0) is 0 Å². The second kappa shape index (κ2) is 3.40. The number of alkyl halides is 6. The fraction of sp³-hybridized carbons (Fsp3) is 0.750. The lowest BCUT2D eigenvalue weighted by Gasteiger charge is -2.13. The van der Waals surface area contributed by atoms with Crippen LogP contribution in [-0.4, -0.2) is 24.6 Å². The lowest BCUT2D eigenvalue weighted by molar-refractivity contribution is -0.313. The minimum absolute atomic E-state index is 2.53. The molecule has 1 unspecified atom stereocenters. The Bertz CT molecular complexity index is 193. The molecule has 0 aromatic heterocycles. The number of ether oxygens (including phenoxy) is 1. The fourth-order valence-corrected chi connectivity index (χ4v) is 0.231. The van der Waals surface area contributed by atoms with Crippen molar-refractivity contribution in [2.24, 2.45) is 0 Å². The van der Waals surface area contributed by atoms with Gasteiger partial charge in [-0.25, -0.2) is 4.79 Å². The average Bonchev–Trinajstić information content (AvgIpc) is 1.82. The molecule has 0 aromatic rings. The number of hydrogen-bond acceptors (Lipinski definition) is 2. The standard InChI is InChI=1S/C4HF6O3/c5-3(6,7)1(11)13-2(12)4(8,9)10/h1H. The number of hydrogen-bond donors (Lipinski definition) is 0. The first-order valence-corrected chi connectivity index (χ1v) is 2.55. The molecule has 0 N–H and O–H groups in total.